The predicted octanol–water partition coefficient (Wildman–Crippen LogP) is 3.51. The minimum Gasteiger partial charge on any atom is -0.485 e. The van der Waals surface area contributed by atoms with Gasteiger partial charge in [0.2, 0.25) is 0 Å². The quantitative estimate of drug-likeness (QED) is 0.578. The van der Waals surface area contributed by atoms with Crippen molar-refractivity contribution in [2.75, 3.05) is 13.2 Å². The lowest BCUT2D eigenvalue weighted by atomic mass is 10.2. The molecule has 1 aromatic rings. The van der Waals surface area contributed by atoms with Gasteiger partial charge in [-0.25, -0.2) is 8.78 Å². The molecule has 1 rings (SSSR count). The standard InChI is InChI=1S/C12H15ClF2O2/c1-8(2)16-3-4-17-12-10(14)5-9(7-13)6-11(12)15/h5-6,8H,3-4,7H2,1-2H3. The number of benzene rings is 1. The van der Waals surface area contributed by atoms with E-state index in [0.29, 0.717) is 5.56 Å². The van der Waals surface area contributed by atoms with Crippen LogP contribution in [0.5, 0.6) is 5.75 Å². The molecule has 0 radical (unpaired) electrons. The number of hydrogen-bond donors (Lipinski definition) is 0. The summed E-state index contributed by atoms with van der Waals surface area (Å²) in [6, 6.07) is 2.32. The summed E-state index contributed by atoms with van der Waals surface area (Å²) in [6.45, 7) is 4.13. The van der Waals surface area contributed by atoms with Gasteiger partial charge in [-0.15, -0.1) is 11.6 Å². The Morgan fingerprint density at radius 3 is 2.24 bits per heavy atom. The molecular formula is C12H15ClF2O2. The van der Waals surface area contributed by atoms with Gasteiger partial charge >= 0.3 is 0 Å². The predicted molar refractivity (Wildman–Crippen MR) is 62.5 cm³/mol. The minimum absolute atomic E-state index is 0.0601. The van der Waals surface area contributed by atoms with E-state index in [1.807, 2.05) is 13.8 Å². The van der Waals surface area contributed by atoms with E-state index in [-0.39, 0.29) is 30.9 Å². The van der Waals surface area contributed by atoms with Crippen LogP contribution in [0.4, 0.5) is 8.78 Å². The number of alkyl halides is 1. The summed E-state index contributed by atoms with van der Waals surface area (Å²) in [6.07, 6.45) is 0.0620. The van der Waals surface area contributed by atoms with E-state index in [1.165, 1.54) is 0 Å². The van der Waals surface area contributed by atoms with Crippen molar-refractivity contribution >= 4 is 11.6 Å². The second-order valence-corrected chi connectivity index (χ2v) is 4.06. The second kappa shape index (κ2) is 6.77. The van der Waals surface area contributed by atoms with Gasteiger partial charge in [0.15, 0.2) is 17.4 Å². The van der Waals surface area contributed by atoms with Crippen LogP contribution in [0.3, 0.4) is 0 Å². The molecule has 0 heterocycles. The van der Waals surface area contributed by atoms with Crippen molar-refractivity contribution in [1.29, 1.82) is 0 Å². The van der Waals surface area contributed by atoms with Crippen molar-refractivity contribution in [1.82, 2.24) is 0 Å². The molecule has 0 saturated carbocycles. The Labute approximate surface area is 104 Å². The van der Waals surface area contributed by atoms with Crippen LogP contribution in [-0.4, -0.2) is 19.3 Å². The van der Waals surface area contributed by atoms with Crippen molar-refractivity contribution < 1.29 is 18.3 Å². The normalized spacial score (nSPS) is 10.9. The first-order valence-electron chi connectivity index (χ1n) is 5.33. The van der Waals surface area contributed by atoms with E-state index in [4.69, 9.17) is 21.1 Å². The molecular weight excluding hydrogens is 250 g/mol. The average Bonchev–Trinajstić information content (AvgIpc) is 2.26. The largest absolute Gasteiger partial charge is 0.485 e. The first kappa shape index (κ1) is 14.2. The highest BCUT2D eigenvalue weighted by atomic mass is 35.5. The Hall–Kier alpha value is -0.870. The van der Waals surface area contributed by atoms with E-state index in [0.717, 1.165) is 12.1 Å². The fourth-order valence-corrected chi connectivity index (χ4v) is 1.41. The van der Waals surface area contributed by atoms with Crippen LogP contribution in [0.2, 0.25) is 0 Å². The third kappa shape index (κ3) is 4.48. The van der Waals surface area contributed by atoms with Crippen LogP contribution in [0.15, 0.2) is 12.1 Å². The Morgan fingerprint density at radius 1 is 1.18 bits per heavy atom. The molecule has 0 aliphatic rings. The van der Waals surface area contributed by atoms with Crippen LogP contribution in [0.1, 0.15) is 19.4 Å². The SMILES string of the molecule is CC(C)OCCOc1c(F)cc(CCl)cc1F. The number of ether oxygens (including phenoxy) is 2. The first-order valence-corrected chi connectivity index (χ1v) is 5.86. The maximum Gasteiger partial charge on any atom is 0.190 e. The van der Waals surface area contributed by atoms with Crippen LogP contribution in [0.25, 0.3) is 0 Å². The van der Waals surface area contributed by atoms with Gasteiger partial charge in [0.25, 0.3) is 0 Å². The molecule has 0 aliphatic carbocycles. The second-order valence-electron chi connectivity index (χ2n) is 3.79. The molecule has 0 saturated heterocycles. The third-order valence-electron chi connectivity index (χ3n) is 1.99. The molecule has 0 N–H and O–H groups in total. The summed E-state index contributed by atoms with van der Waals surface area (Å²) in [4.78, 5) is 0. The maximum atomic E-state index is 13.4. The molecule has 0 unspecified atom stereocenters. The highest BCUT2D eigenvalue weighted by Crippen LogP contribution is 2.24. The minimum atomic E-state index is -0.745. The molecule has 0 spiro atoms. The molecule has 96 valence electrons. The lowest BCUT2D eigenvalue weighted by Gasteiger charge is -2.11. The molecule has 1 aromatic carbocycles. The van der Waals surface area contributed by atoms with Crippen LogP contribution >= 0.6 is 11.6 Å². The molecule has 2 nitrogen and oxygen atoms in total. The molecule has 0 bridgehead atoms. The van der Waals surface area contributed by atoms with E-state index >= 15 is 0 Å². The molecule has 17 heavy (non-hydrogen) atoms. The average molecular weight is 265 g/mol. The molecule has 0 aromatic heterocycles. The monoisotopic (exact) mass is 264 g/mol. The highest BCUT2D eigenvalue weighted by molar-refractivity contribution is 6.17. The highest BCUT2D eigenvalue weighted by Gasteiger charge is 2.12. The van der Waals surface area contributed by atoms with Crippen molar-refractivity contribution in [3.05, 3.63) is 29.3 Å². The van der Waals surface area contributed by atoms with Gasteiger partial charge in [0.05, 0.1) is 12.7 Å². The Morgan fingerprint density at radius 2 is 1.76 bits per heavy atom. The maximum absolute atomic E-state index is 13.4. The molecule has 0 atom stereocenters. The molecule has 0 amide bonds. The van der Waals surface area contributed by atoms with Gasteiger partial charge in [-0.3, -0.25) is 0 Å². The van der Waals surface area contributed by atoms with E-state index in [1.54, 1.807) is 0 Å². The van der Waals surface area contributed by atoms with Crippen LogP contribution in [-0.2, 0) is 10.6 Å². The van der Waals surface area contributed by atoms with E-state index < -0.39 is 11.6 Å². The van der Waals surface area contributed by atoms with Gasteiger partial charge in [-0.05, 0) is 31.5 Å². The summed E-state index contributed by atoms with van der Waals surface area (Å²) in [5, 5.41) is 0. The van der Waals surface area contributed by atoms with Crippen molar-refractivity contribution in [2.24, 2.45) is 0 Å². The summed E-state index contributed by atoms with van der Waals surface area (Å²) in [5.74, 6) is -1.81. The van der Waals surface area contributed by atoms with Gasteiger partial charge in [0.1, 0.15) is 6.61 Å². The third-order valence-corrected chi connectivity index (χ3v) is 2.30. The van der Waals surface area contributed by atoms with Crippen molar-refractivity contribution in [2.45, 2.75) is 25.8 Å². The fourth-order valence-electron chi connectivity index (χ4n) is 1.25. The van der Waals surface area contributed by atoms with Gasteiger partial charge < -0.3 is 9.47 Å². The lowest BCUT2D eigenvalue weighted by Crippen LogP contribution is -2.12. The number of rotatable bonds is 6. The Balaban J connectivity index is 2.59. The first-order chi connectivity index (χ1) is 8.04. The zero-order valence-corrected chi connectivity index (χ0v) is 10.6. The topological polar surface area (TPSA) is 18.5 Å². The van der Waals surface area contributed by atoms with E-state index in [2.05, 4.69) is 0 Å². The lowest BCUT2D eigenvalue weighted by molar-refractivity contribution is 0.0535. The molecule has 5 heteroatoms. The van der Waals surface area contributed by atoms with Crippen molar-refractivity contribution in [3.63, 3.8) is 0 Å². The zero-order chi connectivity index (χ0) is 12.8. The number of hydrogen-bond acceptors (Lipinski definition) is 2. The summed E-state index contributed by atoms with van der Waals surface area (Å²) in [5.41, 5.74) is 0.382. The van der Waals surface area contributed by atoms with Crippen LogP contribution in [0, 0.1) is 11.6 Å². The van der Waals surface area contributed by atoms with Crippen molar-refractivity contribution in [3.8, 4) is 5.75 Å². The molecule has 0 aliphatic heterocycles. The zero-order valence-electron chi connectivity index (χ0n) is 9.80. The summed E-state index contributed by atoms with van der Waals surface area (Å²) < 4.78 is 37.0. The Kier molecular flexibility index (Phi) is 5.65. The van der Waals surface area contributed by atoms with Gasteiger partial charge in [0, 0.05) is 5.88 Å². The van der Waals surface area contributed by atoms with Gasteiger partial charge in [-0.1, -0.05) is 0 Å². The van der Waals surface area contributed by atoms with E-state index in [9.17, 15) is 8.78 Å². The summed E-state index contributed by atoms with van der Waals surface area (Å²) in [7, 11) is 0. The smallest absolute Gasteiger partial charge is 0.190 e. The fraction of sp³-hybridized carbons (Fsp3) is 0.500. The number of halogens is 3. The molecule has 0 fully saturated rings. The van der Waals surface area contributed by atoms with Crippen LogP contribution < -0.4 is 4.74 Å². The van der Waals surface area contributed by atoms with Gasteiger partial charge in [-0.2, -0.15) is 0 Å². The summed E-state index contributed by atoms with van der Waals surface area (Å²) >= 11 is 5.49. The Bertz CT molecular complexity index is 347.